The number of Topliss-reactive ketones (excluding diaryl/α,β-unsaturated/α-hetero) is 1. The molecule has 2 aliphatic heterocycles. The molecule has 1 fully saturated rings. The second kappa shape index (κ2) is 21.4. The Hall–Kier alpha value is -5.42. The summed E-state index contributed by atoms with van der Waals surface area (Å²) in [6.07, 6.45) is 2.52. The quantitative estimate of drug-likeness (QED) is 0.224. The number of rotatable bonds is 7. The van der Waals surface area contributed by atoms with Gasteiger partial charge in [0.2, 0.25) is 11.6 Å². The minimum absolute atomic E-state index is 0.00671. The largest absolute Gasteiger partial charge is 0.444 e. The van der Waals surface area contributed by atoms with Crippen LogP contribution in [-0.4, -0.2) is 121 Å². The Morgan fingerprint density at radius 3 is 2.23 bits per heavy atom. The van der Waals surface area contributed by atoms with E-state index in [-0.39, 0.29) is 53.0 Å². The summed E-state index contributed by atoms with van der Waals surface area (Å²) < 4.78 is 22.2. The Labute approximate surface area is 357 Å². The van der Waals surface area contributed by atoms with E-state index in [4.69, 9.17) is 24.7 Å². The number of methoxy groups -OCH3 is 2. The number of nitrogens with zero attached hydrogens (tertiary/aromatic N) is 2. The molecule has 1 aromatic carbocycles. The number of nitrogens with one attached hydrogen (secondary N) is 2. The van der Waals surface area contributed by atoms with Crippen LogP contribution >= 0.6 is 0 Å². The van der Waals surface area contributed by atoms with Crippen molar-refractivity contribution >= 4 is 35.6 Å². The number of primary amides is 1. The van der Waals surface area contributed by atoms with E-state index in [1.54, 1.807) is 43.0 Å². The van der Waals surface area contributed by atoms with Gasteiger partial charge in [0.1, 0.15) is 11.7 Å². The second-order valence-electron chi connectivity index (χ2n) is 16.8. The lowest BCUT2D eigenvalue weighted by molar-refractivity contribution is -0.120. The van der Waals surface area contributed by atoms with Crippen LogP contribution in [0.5, 0.6) is 0 Å². The first-order valence-electron chi connectivity index (χ1n) is 20.4. The number of amides is 4. The van der Waals surface area contributed by atoms with Crippen LogP contribution in [0.1, 0.15) is 77.2 Å². The molecule has 1 aliphatic carbocycles. The van der Waals surface area contributed by atoms with Crippen LogP contribution in [-0.2, 0) is 39.9 Å². The summed E-state index contributed by atoms with van der Waals surface area (Å²) in [5.74, 6) is -3.50. The molecule has 0 unspecified atom stereocenters. The summed E-state index contributed by atoms with van der Waals surface area (Å²) in [4.78, 5) is 83.2. The van der Waals surface area contributed by atoms with Gasteiger partial charge in [-0.1, -0.05) is 50.3 Å². The van der Waals surface area contributed by atoms with Crippen LogP contribution in [0.3, 0.4) is 0 Å². The maximum Gasteiger partial charge on any atom is 0.410 e. The fraction of sp³-hybridized carbons (Fsp3) is 0.511. The first kappa shape index (κ1) is 48.2. The van der Waals surface area contributed by atoms with Crippen LogP contribution in [0.2, 0.25) is 0 Å². The average molecular weight is 848 g/mol. The molecule has 4 rings (SSSR count). The minimum Gasteiger partial charge on any atom is -0.444 e. The zero-order valence-corrected chi connectivity index (χ0v) is 36.6. The summed E-state index contributed by atoms with van der Waals surface area (Å²) in [5, 5.41) is 16.7. The van der Waals surface area contributed by atoms with Crippen molar-refractivity contribution < 1.29 is 52.8 Å². The molecule has 1 aromatic rings. The van der Waals surface area contributed by atoms with Crippen molar-refractivity contribution in [3.05, 3.63) is 93.9 Å². The normalized spacial score (nSPS) is 27.5. The predicted molar refractivity (Wildman–Crippen MR) is 227 cm³/mol. The molecule has 16 nitrogen and oxygen atoms in total. The van der Waals surface area contributed by atoms with E-state index in [2.05, 4.69) is 15.5 Å². The molecule has 332 valence electrons. The number of piperazine rings is 1. The van der Waals surface area contributed by atoms with Crippen molar-refractivity contribution in [3.63, 3.8) is 0 Å². The molecule has 3 aliphatic rings. The lowest BCUT2D eigenvalue weighted by atomic mass is 9.85. The van der Waals surface area contributed by atoms with Crippen molar-refractivity contribution in [2.24, 2.45) is 17.6 Å². The second-order valence-corrected chi connectivity index (χ2v) is 16.8. The van der Waals surface area contributed by atoms with E-state index < -0.39 is 65.4 Å². The van der Waals surface area contributed by atoms with Crippen molar-refractivity contribution in [2.75, 3.05) is 40.4 Å². The van der Waals surface area contributed by atoms with Crippen molar-refractivity contribution in [2.45, 2.75) is 97.9 Å². The van der Waals surface area contributed by atoms with Gasteiger partial charge >= 0.3 is 12.2 Å². The first-order valence-corrected chi connectivity index (χ1v) is 20.4. The van der Waals surface area contributed by atoms with E-state index in [1.165, 1.54) is 33.3 Å². The lowest BCUT2D eigenvalue weighted by Gasteiger charge is -2.35. The predicted octanol–water partition coefficient (Wildman–Crippen LogP) is 4.24. The maximum atomic E-state index is 14.1. The SMILES string of the molecule is CO[C@H]1/C=C\C=C(/C)C(=O)NC2=CC(=O)C(NC(=O)c3ccc(CN4CCN(C(=O)OC(C)(C)C)CC4)cc3)=C(C[C@@H](C)C[C@H](OC)[C@H](O)[C@@H](C)/C=C(\C)[C@@H]1OC(N)=O)C2=O. The fourth-order valence-corrected chi connectivity index (χ4v) is 7.34. The van der Waals surface area contributed by atoms with Crippen LogP contribution in [0, 0.1) is 11.8 Å². The molecular weight excluding hydrogens is 787 g/mol. The number of ether oxygens (including phenoxy) is 4. The monoisotopic (exact) mass is 847 g/mol. The van der Waals surface area contributed by atoms with Gasteiger partial charge in [0.25, 0.3) is 11.8 Å². The number of aliphatic hydroxyl groups excluding tert-OH is 1. The number of carbonyl (C=O) groups is 6. The van der Waals surface area contributed by atoms with Gasteiger partial charge in [0.15, 0.2) is 6.10 Å². The molecule has 1 saturated heterocycles. The molecule has 4 amide bonds. The zero-order chi connectivity index (χ0) is 45.2. The summed E-state index contributed by atoms with van der Waals surface area (Å²) in [5.41, 5.74) is 6.26. The van der Waals surface area contributed by atoms with Gasteiger partial charge in [0, 0.05) is 75.6 Å². The highest BCUT2D eigenvalue weighted by molar-refractivity contribution is 6.24. The smallest absolute Gasteiger partial charge is 0.410 e. The summed E-state index contributed by atoms with van der Waals surface area (Å²) >= 11 is 0. The van der Waals surface area contributed by atoms with Crippen LogP contribution in [0.4, 0.5) is 9.59 Å². The van der Waals surface area contributed by atoms with Crippen molar-refractivity contribution in [3.8, 4) is 0 Å². The Balaban J connectivity index is 1.58. The summed E-state index contributed by atoms with van der Waals surface area (Å²) in [6, 6.07) is 6.91. The molecule has 61 heavy (non-hydrogen) atoms. The molecule has 0 radical (unpaired) electrons. The number of ketones is 2. The number of fused-ring (bicyclic) bond motifs is 2. The average Bonchev–Trinajstić information content (AvgIpc) is 3.19. The number of aliphatic hydroxyl groups is 1. The van der Waals surface area contributed by atoms with Gasteiger partial charge in [-0.15, -0.1) is 0 Å². The van der Waals surface area contributed by atoms with E-state index in [0.717, 1.165) is 11.6 Å². The highest BCUT2D eigenvalue weighted by Gasteiger charge is 2.34. The lowest BCUT2D eigenvalue weighted by Crippen LogP contribution is -2.49. The standard InChI is InChI=1S/C45H61N5O11/c1-26-21-32-37(48-42(55)31-15-13-30(14-16-31)25-49-17-19-50(20-18-49)44(57)61-45(5,6)7)34(51)24-33(39(32)53)47-41(54)27(2)11-10-12-35(58-8)40(60-43(46)56)29(4)23-28(3)38(52)36(22-26)59-9/h10-16,23-24,26,28,35-36,38,40,52H,17-22,25H2,1-9H3,(H2,46,56)(H,47,54)(H,48,55)/b12-10-,27-11+,29-23+/t26-,28+,35+,36+,38-,40+/m1/s1. The third kappa shape index (κ3) is 13.5. The molecule has 5 N–H and O–H groups in total. The Kier molecular flexibility index (Phi) is 16.9. The van der Waals surface area contributed by atoms with E-state index in [1.807, 2.05) is 39.8 Å². The molecule has 2 heterocycles. The van der Waals surface area contributed by atoms with Crippen LogP contribution in [0.15, 0.2) is 82.8 Å². The molecular formula is C45H61N5O11. The number of carbonyl (C=O) groups excluding carboxylic acids is 6. The summed E-state index contributed by atoms with van der Waals surface area (Å²) in [7, 11) is 2.87. The first-order chi connectivity index (χ1) is 28.7. The van der Waals surface area contributed by atoms with Gasteiger partial charge in [0.05, 0.1) is 23.6 Å². The third-order valence-corrected chi connectivity index (χ3v) is 10.7. The highest BCUT2D eigenvalue weighted by atomic mass is 16.6. The molecule has 2 bridgehead atoms. The fourth-order valence-electron chi connectivity index (χ4n) is 7.34. The highest BCUT2D eigenvalue weighted by Crippen LogP contribution is 2.29. The van der Waals surface area contributed by atoms with E-state index in [0.29, 0.717) is 38.3 Å². The number of hydrogen-bond acceptors (Lipinski definition) is 12. The van der Waals surface area contributed by atoms with Gasteiger partial charge in [-0.3, -0.25) is 24.1 Å². The molecule has 6 atom stereocenters. The number of allylic oxidation sites excluding steroid dienone is 4. The van der Waals surface area contributed by atoms with Crippen LogP contribution in [0.25, 0.3) is 0 Å². The molecule has 0 saturated carbocycles. The molecule has 0 aromatic heterocycles. The van der Waals surface area contributed by atoms with Crippen molar-refractivity contribution in [1.29, 1.82) is 0 Å². The van der Waals surface area contributed by atoms with E-state index in [9.17, 15) is 33.9 Å². The van der Waals surface area contributed by atoms with Crippen LogP contribution < -0.4 is 16.4 Å². The van der Waals surface area contributed by atoms with E-state index >= 15 is 0 Å². The number of hydrogen-bond donors (Lipinski definition) is 4. The Morgan fingerprint density at radius 1 is 0.984 bits per heavy atom. The maximum absolute atomic E-state index is 14.1. The van der Waals surface area contributed by atoms with Gasteiger partial charge < -0.3 is 45.3 Å². The van der Waals surface area contributed by atoms with Crippen molar-refractivity contribution in [1.82, 2.24) is 20.4 Å². The zero-order valence-electron chi connectivity index (χ0n) is 36.6. The summed E-state index contributed by atoms with van der Waals surface area (Å²) in [6.45, 7) is 15.3. The third-order valence-electron chi connectivity index (χ3n) is 10.7. The van der Waals surface area contributed by atoms with Gasteiger partial charge in [-0.2, -0.15) is 0 Å². The topological polar surface area (TPSA) is 216 Å². The molecule has 0 spiro atoms. The Bertz CT molecular complexity index is 1970. The number of nitrogens with two attached hydrogens (primary N) is 1. The van der Waals surface area contributed by atoms with Gasteiger partial charge in [-0.25, -0.2) is 9.59 Å². The number of benzene rings is 1. The van der Waals surface area contributed by atoms with Gasteiger partial charge in [-0.05, 0) is 76.6 Å². The Morgan fingerprint density at radius 2 is 1.64 bits per heavy atom. The minimum atomic E-state index is -1.06. The molecule has 16 heteroatoms.